The molecule has 236 valence electrons. The number of anilines is 1. The van der Waals surface area contributed by atoms with Crippen molar-refractivity contribution in [3.8, 4) is 0 Å². The molecule has 0 radical (unpaired) electrons. The molecule has 1 aliphatic rings. The van der Waals surface area contributed by atoms with Gasteiger partial charge in [-0.05, 0) is 55.0 Å². The van der Waals surface area contributed by atoms with Gasteiger partial charge in [-0.2, -0.15) is 5.10 Å². The number of hydrogen-bond acceptors (Lipinski definition) is 6. The van der Waals surface area contributed by atoms with Crippen molar-refractivity contribution in [1.29, 1.82) is 0 Å². The van der Waals surface area contributed by atoms with E-state index in [0.29, 0.717) is 25.3 Å². The van der Waals surface area contributed by atoms with Crippen LogP contribution < -0.4 is 16.4 Å². The highest BCUT2D eigenvalue weighted by Crippen LogP contribution is 2.28. The van der Waals surface area contributed by atoms with Crippen molar-refractivity contribution in [2.75, 3.05) is 25.0 Å². The van der Waals surface area contributed by atoms with Crippen molar-refractivity contribution in [2.24, 2.45) is 5.73 Å². The number of likely N-dealkylation sites (tertiary alicyclic amines) is 1. The Hall–Kier alpha value is -4.54. The van der Waals surface area contributed by atoms with Crippen LogP contribution in [-0.2, 0) is 32.3 Å². The zero-order chi connectivity index (χ0) is 31.8. The lowest BCUT2D eigenvalue weighted by atomic mass is 9.92. The molecule has 4 aromatic rings. The molecule has 45 heavy (non-hydrogen) atoms. The number of nitrogens with two attached hydrogens (primary N) is 1. The van der Waals surface area contributed by atoms with Crippen LogP contribution >= 0.6 is 0 Å². The van der Waals surface area contributed by atoms with Crippen molar-refractivity contribution in [3.05, 3.63) is 96.3 Å². The second kappa shape index (κ2) is 14.5. The van der Waals surface area contributed by atoms with Gasteiger partial charge in [-0.3, -0.25) is 19.1 Å². The fraction of sp³-hybridized carbons (Fsp3) is 0.371. The standard InChI is InChI=1S/C35H42N6O4/c1-35(2,36)34(44)39-31(24-45-23-25-10-4-3-5-11-25)32(42)38-29-21-37-41(22-29)19-16-30(33(43)40-17-8-9-18-40)28-15-14-26-12-6-7-13-27(26)20-28/h3-7,10-15,20-22,30-31H,8-9,16-19,23-24,36H2,1-2H3,(H,38,42)(H,39,44)/t30?,31-/m1/s1. The summed E-state index contributed by atoms with van der Waals surface area (Å²) in [5, 5.41) is 12.2. The number of ether oxygens (including phenoxy) is 1. The minimum Gasteiger partial charge on any atom is -0.374 e. The van der Waals surface area contributed by atoms with Crippen LogP contribution in [0.5, 0.6) is 0 Å². The average molecular weight is 611 g/mol. The lowest BCUT2D eigenvalue weighted by Gasteiger charge is -2.24. The Bertz CT molecular complexity index is 1610. The van der Waals surface area contributed by atoms with E-state index < -0.39 is 23.4 Å². The summed E-state index contributed by atoms with van der Waals surface area (Å²) in [6, 6.07) is 23.0. The Morgan fingerprint density at radius 3 is 2.42 bits per heavy atom. The molecular formula is C35H42N6O4. The number of aromatic nitrogens is 2. The summed E-state index contributed by atoms with van der Waals surface area (Å²) in [5.41, 5.74) is 7.21. The van der Waals surface area contributed by atoms with Gasteiger partial charge in [0.1, 0.15) is 6.04 Å². The van der Waals surface area contributed by atoms with Gasteiger partial charge in [-0.25, -0.2) is 0 Å². The third kappa shape index (κ3) is 8.55. The maximum Gasteiger partial charge on any atom is 0.249 e. The van der Waals surface area contributed by atoms with Gasteiger partial charge in [0.25, 0.3) is 0 Å². The minimum atomic E-state index is -1.17. The maximum absolute atomic E-state index is 13.6. The van der Waals surface area contributed by atoms with E-state index in [2.05, 4.69) is 40.0 Å². The Balaban J connectivity index is 1.24. The largest absolute Gasteiger partial charge is 0.374 e. The topological polar surface area (TPSA) is 132 Å². The van der Waals surface area contributed by atoms with Gasteiger partial charge in [0, 0.05) is 25.8 Å². The van der Waals surface area contributed by atoms with Crippen molar-refractivity contribution in [1.82, 2.24) is 20.0 Å². The minimum absolute atomic E-state index is 0.0390. The van der Waals surface area contributed by atoms with E-state index >= 15 is 0 Å². The van der Waals surface area contributed by atoms with E-state index in [1.807, 2.05) is 53.4 Å². The van der Waals surface area contributed by atoms with Crippen molar-refractivity contribution in [2.45, 2.75) is 63.8 Å². The Morgan fingerprint density at radius 1 is 0.978 bits per heavy atom. The smallest absolute Gasteiger partial charge is 0.249 e. The summed E-state index contributed by atoms with van der Waals surface area (Å²) >= 11 is 0. The molecule has 10 heteroatoms. The SMILES string of the molecule is CC(C)(N)C(=O)N[C@H](COCc1ccccc1)C(=O)Nc1cnn(CCC(C(=O)N2CCCC2)c2ccc3ccccc3c2)c1. The van der Waals surface area contributed by atoms with Crippen LogP contribution in [0.15, 0.2) is 85.2 Å². The van der Waals surface area contributed by atoms with Crippen LogP contribution in [0, 0.1) is 0 Å². The number of carbonyl (C=O) groups is 3. The van der Waals surface area contributed by atoms with Crippen LogP contribution in [0.2, 0.25) is 0 Å². The molecule has 4 N–H and O–H groups in total. The zero-order valence-corrected chi connectivity index (χ0v) is 25.9. The third-order valence-corrected chi connectivity index (χ3v) is 8.04. The lowest BCUT2D eigenvalue weighted by Crippen LogP contribution is -2.56. The predicted molar refractivity (Wildman–Crippen MR) is 174 cm³/mol. The number of rotatable bonds is 13. The normalized spacial score (nSPS) is 14.7. The molecule has 0 aliphatic carbocycles. The molecule has 1 aliphatic heterocycles. The van der Waals surface area contributed by atoms with E-state index in [1.165, 1.54) is 0 Å². The van der Waals surface area contributed by atoms with Crippen LogP contribution in [0.3, 0.4) is 0 Å². The van der Waals surface area contributed by atoms with Gasteiger partial charge in [0.2, 0.25) is 17.7 Å². The Morgan fingerprint density at radius 2 is 1.69 bits per heavy atom. The first-order valence-electron chi connectivity index (χ1n) is 15.5. The summed E-state index contributed by atoms with van der Waals surface area (Å²) in [4.78, 5) is 41.5. The molecule has 1 aromatic heterocycles. The van der Waals surface area contributed by atoms with E-state index in [1.54, 1.807) is 30.9 Å². The molecule has 3 aromatic carbocycles. The van der Waals surface area contributed by atoms with E-state index in [4.69, 9.17) is 10.5 Å². The number of fused-ring (bicyclic) bond motifs is 1. The van der Waals surface area contributed by atoms with E-state index in [0.717, 1.165) is 47.8 Å². The fourth-order valence-electron chi connectivity index (χ4n) is 5.45. The highest BCUT2D eigenvalue weighted by atomic mass is 16.5. The first-order valence-corrected chi connectivity index (χ1v) is 15.5. The molecule has 2 atom stereocenters. The van der Waals surface area contributed by atoms with E-state index in [-0.39, 0.29) is 18.4 Å². The van der Waals surface area contributed by atoms with Gasteiger partial charge in [0.15, 0.2) is 0 Å². The first-order chi connectivity index (χ1) is 21.7. The van der Waals surface area contributed by atoms with Crippen molar-refractivity contribution < 1.29 is 19.1 Å². The van der Waals surface area contributed by atoms with E-state index in [9.17, 15) is 14.4 Å². The number of nitrogens with zero attached hydrogens (tertiary/aromatic N) is 3. The molecule has 0 bridgehead atoms. The summed E-state index contributed by atoms with van der Waals surface area (Å²) in [5.74, 6) is -1.08. The number of carbonyl (C=O) groups excluding carboxylic acids is 3. The summed E-state index contributed by atoms with van der Waals surface area (Å²) < 4.78 is 7.51. The molecule has 1 saturated heterocycles. The lowest BCUT2D eigenvalue weighted by molar-refractivity contribution is -0.132. The fourth-order valence-corrected chi connectivity index (χ4v) is 5.45. The average Bonchev–Trinajstić information content (AvgIpc) is 3.73. The Kier molecular flexibility index (Phi) is 10.3. The number of benzene rings is 3. The molecule has 1 unspecified atom stereocenters. The molecule has 2 heterocycles. The molecule has 10 nitrogen and oxygen atoms in total. The molecule has 0 saturated carbocycles. The quantitative estimate of drug-likeness (QED) is 0.208. The number of amides is 3. The highest BCUT2D eigenvalue weighted by Gasteiger charge is 2.30. The molecule has 3 amide bonds. The first kappa shape index (κ1) is 31.9. The van der Waals surface area contributed by atoms with Crippen LogP contribution in [-0.4, -0.2) is 63.7 Å². The van der Waals surface area contributed by atoms with Crippen LogP contribution in [0.4, 0.5) is 5.69 Å². The third-order valence-electron chi connectivity index (χ3n) is 8.04. The predicted octanol–water partition coefficient (Wildman–Crippen LogP) is 4.21. The highest BCUT2D eigenvalue weighted by molar-refractivity contribution is 5.98. The summed E-state index contributed by atoms with van der Waals surface area (Å²) in [6.07, 6.45) is 5.90. The monoisotopic (exact) mass is 610 g/mol. The van der Waals surface area contributed by atoms with Crippen molar-refractivity contribution >= 4 is 34.2 Å². The van der Waals surface area contributed by atoms with Gasteiger partial charge < -0.3 is 26.0 Å². The van der Waals surface area contributed by atoms with Gasteiger partial charge in [-0.1, -0.05) is 72.8 Å². The molecule has 0 spiro atoms. The van der Waals surface area contributed by atoms with Crippen molar-refractivity contribution in [3.63, 3.8) is 0 Å². The summed E-state index contributed by atoms with van der Waals surface area (Å²) in [7, 11) is 0. The second-order valence-corrected chi connectivity index (χ2v) is 12.2. The summed E-state index contributed by atoms with van der Waals surface area (Å²) in [6.45, 7) is 5.46. The van der Waals surface area contributed by atoms with Gasteiger partial charge in [0.05, 0.1) is 36.6 Å². The Labute approximate surface area is 263 Å². The van der Waals surface area contributed by atoms with Gasteiger partial charge in [-0.15, -0.1) is 0 Å². The number of nitrogens with one attached hydrogen (secondary N) is 2. The van der Waals surface area contributed by atoms with Crippen LogP contribution in [0.1, 0.15) is 50.2 Å². The van der Waals surface area contributed by atoms with Crippen LogP contribution in [0.25, 0.3) is 10.8 Å². The molecular weight excluding hydrogens is 568 g/mol. The van der Waals surface area contributed by atoms with Gasteiger partial charge >= 0.3 is 0 Å². The second-order valence-electron chi connectivity index (χ2n) is 12.2. The number of hydrogen-bond donors (Lipinski definition) is 3. The maximum atomic E-state index is 13.6. The number of aryl methyl sites for hydroxylation is 1. The molecule has 1 fully saturated rings. The molecule has 5 rings (SSSR count). The zero-order valence-electron chi connectivity index (χ0n) is 25.9.